The Morgan fingerprint density at radius 3 is 2.56 bits per heavy atom. The lowest BCUT2D eigenvalue weighted by molar-refractivity contribution is 0.544. The van der Waals surface area contributed by atoms with Gasteiger partial charge in [-0.05, 0) is 25.8 Å². The molecule has 0 unspecified atom stereocenters. The molecule has 1 heterocycles. The van der Waals surface area contributed by atoms with Gasteiger partial charge in [0.1, 0.15) is 0 Å². The molecule has 1 aliphatic heterocycles. The molecule has 0 aromatic rings. The molecule has 2 rings (SSSR count). The van der Waals surface area contributed by atoms with Crippen molar-refractivity contribution in [1.82, 2.24) is 10.6 Å². The van der Waals surface area contributed by atoms with Crippen molar-refractivity contribution in [2.75, 3.05) is 13.1 Å². The summed E-state index contributed by atoms with van der Waals surface area (Å²) in [5.74, 6) is 0. The lowest BCUT2D eigenvalue weighted by Crippen LogP contribution is -2.32. The second kappa shape index (κ2) is 2.27. The molecule has 2 fully saturated rings. The van der Waals surface area contributed by atoms with Crippen LogP contribution < -0.4 is 10.6 Å². The first-order valence-corrected chi connectivity index (χ1v) is 3.92. The van der Waals surface area contributed by atoms with E-state index in [9.17, 15) is 0 Å². The summed E-state index contributed by atoms with van der Waals surface area (Å²) in [6.45, 7) is 2.40. The number of rotatable bonds is 2. The van der Waals surface area contributed by atoms with Crippen LogP contribution in [0.1, 0.15) is 19.3 Å². The van der Waals surface area contributed by atoms with Crippen molar-refractivity contribution in [3.63, 3.8) is 0 Å². The summed E-state index contributed by atoms with van der Waals surface area (Å²) in [6, 6.07) is 1.67. The van der Waals surface area contributed by atoms with Crippen LogP contribution in [0.3, 0.4) is 0 Å². The van der Waals surface area contributed by atoms with Crippen LogP contribution in [0.5, 0.6) is 0 Å². The molecule has 0 bridgehead atoms. The second-order valence-corrected chi connectivity index (χ2v) is 3.13. The van der Waals surface area contributed by atoms with E-state index in [1.807, 2.05) is 0 Å². The van der Waals surface area contributed by atoms with E-state index < -0.39 is 0 Å². The van der Waals surface area contributed by atoms with Crippen LogP contribution in [-0.4, -0.2) is 25.2 Å². The Labute approximate surface area is 56.0 Å². The molecule has 0 aromatic carbocycles. The van der Waals surface area contributed by atoms with E-state index in [1.54, 1.807) is 0 Å². The van der Waals surface area contributed by atoms with E-state index >= 15 is 0 Å². The molecule has 0 spiro atoms. The first-order valence-electron chi connectivity index (χ1n) is 3.92. The van der Waals surface area contributed by atoms with Crippen molar-refractivity contribution in [2.24, 2.45) is 0 Å². The van der Waals surface area contributed by atoms with Gasteiger partial charge in [-0.2, -0.15) is 0 Å². The molecular weight excluding hydrogens is 112 g/mol. The lowest BCUT2D eigenvalue weighted by Gasteiger charge is -2.08. The zero-order valence-electron chi connectivity index (χ0n) is 5.69. The normalized spacial score (nSPS) is 35.3. The van der Waals surface area contributed by atoms with Crippen molar-refractivity contribution in [1.29, 1.82) is 0 Å². The Morgan fingerprint density at radius 2 is 2.00 bits per heavy atom. The summed E-state index contributed by atoms with van der Waals surface area (Å²) < 4.78 is 0. The Bertz CT molecular complexity index is 93.1. The smallest absolute Gasteiger partial charge is 0.0207 e. The third-order valence-electron chi connectivity index (χ3n) is 2.11. The molecule has 1 saturated heterocycles. The van der Waals surface area contributed by atoms with Crippen LogP contribution in [0.2, 0.25) is 0 Å². The van der Waals surface area contributed by atoms with Crippen LogP contribution in [0, 0.1) is 0 Å². The zero-order valence-corrected chi connectivity index (χ0v) is 5.69. The first-order chi connectivity index (χ1) is 4.45. The minimum atomic E-state index is 0.789. The quantitative estimate of drug-likeness (QED) is 0.548. The Kier molecular flexibility index (Phi) is 1.44. The van der Waals surface area contributed by atoms with Gasteiger partial charge in [0.15, 0.2) is 0 Å². The molecule has 1 saturated carbocycles. The van der Waals surface area contributed by atoms with Gasteiger partial charge in [-0.15, -0.1) is 0 Å². The SMILES string of the molecule is C1C[C@H](NC2CC2)CN1. The predicted molar refractivity (Wildman–Crippen MR) is 37.4 cm³/mol. The molecule has 0 radical (unpaired) electrons. The Balaban J connectivity index is 1.70. The van der Waals surface area contributed by atoms with Gasteiger partial charge in [-0.25, -0.2) is 0 Å². The van der Waals surface area contributed by atoms with Gasteiger partial charge in [0, 0.05) is 18.6 Å². The predicted octanol–water partition coefficient (Wildman–Crippen LogP) is 0.100. The molecule has 0 amide bonds. The Morgan fingerprint density at radius 1 is 1.11 bits per heavy atom. The van der Waals surface area contributed by atoms with Gasteiger partial charge in [0.2, 0.25) is 0 Å². The van der Waals surface area contributed by atoms with Gasteiger partial charge in [-0.1, -0.05) is 0 Å². The van der Waals surface area contributed by atoms with Crippen molar-refractivity contribution in [3.8, 4) is 0 Å². The minimum absolute atomic E-state index is 0.789. The van der Waals surface area contributed by atoms with Gasteiger partial charge in [-0.3, -0.25) is 0 Å². The van der Waals surface area contributed by atoms with E-state index in [-0.39, 0.29) is 0 Å². The molecule has 1 aliphatic carbocycles. The molecule has 2 heteroatoms. The highest BCUT2D eigenvalue weighted by Gasteiger charge is 2.25. The summed E-state index contributed by atoms with van der Waals surface area (Å²) >= 11 is 0. The van der Waals surface area contributed by atoms with Gasteiger partial charge < -0.3 is 10.6 Å². The van der Waals surface area contributed by atoms with Crippen LogP contribution in [-0.2, 0) is 0 Å². The minimum Gasteiger partial charge on any atom is -0.315 e. The fraction of sp³-hybridized carbons (Fsp3) is 1.00. The summed E-state index contributed by atoms with van der Waals surface area (Å²) in [4.78, 5) is 0. The third kappa shape index (κ3) is 1.43. The molecule has 2 aliphatic rings. The number of hydrogen-bond acceptors (Lipinski definition) is 2. The van der Waals surface area contributed by atoms with Crippen molar-refractivity contribution >= 4 is 0 Å². The lowest BCUT2D eigenvalue weighted by atomic mass is 10.2. The van der Waals surface area contributed by atoms with E-state index in [0.717, 1.165) is 12.1 Å². The second-order valence-electron chi connectivity index (χ2n) is 3.13. The van der Waals surface area contributed by atoms with E-state index in [0.29, 0.717) is 0 Å². The highest BCUT2D eigenvalue weighted by Crippen LogP contribution is 2.20. The first kappa shape index (κ1) is 5.69. The van der Waals surface area contributed by atoms with E-state index in [2.05, 4.69) is 10.6 Å². The highest BCUT2D eigenvalue weighted by molar-refractivity contribution is 4.88. The van der Waals surface area contributed by atoms with Crippen molar-refractivity contribution in [3.05, 3.63) is 0 Å². The van der Waals surface area contributed by atoms with Gasteiger partial charge >= 0.3 is 0 Å². The molecule has 1 atom stereocenters. The van der Waals surface area contributed by atoms with Crippen LogP contribution in [0.25, 0.3) is 0 Å². The maximum Gasteiger partial charge on any atom is 0.0207 e. The molecule has 9 heavy (non-hydrogen) atoms. The average molecular weight is 126 g/mol. The molecule has 52 valence electrons. The third-order valence-corrected chi connectivity index (χ3v) is 2.11. The molecule has 2 nitrogen and oxygen atoms in total. The highest BCUT2D eigenvalue weighted by atomic mass is 15.1. The van der Waals surface area contributed by atoms with Crippen LogP contribution in [0.15, 0.2) is 0 Å². The van der Waals surface area contributed by atoms with E-state index in [1.165, 1.54) is 32.4 Å². The van der Waals surface area contributed by atoms with Crippen LogP contribution in [0.4, 0.5) is 0 Å². The van der Waals surface area contributed by atoms with Gasteiger partial charge in [0.25, 0.3) is 0 Å². The maximum atomic E-state index is 3.59. The summed E-state index contributed by atoms with van der Waals surface area (Å²) in [5, 5.41) is 6.93. The number of nitrogens with one attached hydrogen (secondary N) is 2. The molecule has 0 aromatic heterocycles. The van der Waals surface area contributed by atoms with Crippen molar-refractivity contribution in [2.45, 2.75) is 31.3 Å². The zero-order chi connectivity index (χ0) is 6.10. The fourth-order valence-corrected chi connectivity index (χ4v) is 1.38. The summed E-state index contributed by atoms with van der Waals surface area (Å²) in [7, 11) is 0. The largest absolute Gasteiger partial charge is 0.315 e. The average Bonchev–Trinajstić information content (AvgIpc) is 2.46. The fourth-order valence-electron chi connectivity index (χ4n) is 1.38. The van der Waals surface area contributed by atoms with E-state index in [4.69, 9.17) is 0 Å². The molecular formula is C7H14N2. The van der Waals surface area contributed by atoms with Crippen LogP contribution >= 0.6 is 0 Å². The van der Waals surface area contributed by atoms with Crippen molar-refractivity contribution < 1.29 is 0 Å². The standard InChI is InChI=1S/C7H14N2/c1-2-6(1)9-7-3-4-8-5-7/h6-9H,1-5H2/t7-/m0/s1. The number of hydrogen-bond donors (Lipinski definition) is 2. The summed E-state index contributed by atoms with van der Waals surface area (Å²) in [5.41, 5.74) is 0. The topological polar surface area (TPSA) is 24.1 Å². The molecule has 2 N–H and O–H groups in total. The Hall–Kier alpha value is -0.0800. The maximum absolute atomic E-state index is 3.59. The summed E-state index contributed by atoms with van der Waals surface area (Å²) in [6.07, 6.45) is 4.16. The monoisotopic (exact) mass is 126 g/mol. The van der Waals surface area contributed by atoms with Gasteiger partial charge in [0.05, 0.1) is 0 Å².